The lowest BCUT2D eigenvalue weighted by Crippen LogP contribution is -2.26. The van der Waals surface area contributed by atoms with Gasteiger partial charge in [-0.3, -0.25) is 0 Å². The minimum Gasteiger partial charge on any atom is -0.310 e. The molecular formula is C116H74N6. The van der Waals surface area contributed by atoms with E-state index in [9.17, 15) is 0 Å². The van der Waals surface area contributed by atoms with Gasteiger partial charge in [0.2, 0.25) is 0 Å². The number of hydrogen-bond donors (Lipinski definition) is 0. The lowest BCUT2D eigenvalue weighted by Gasteiger charge is -2.33. The summed E-state index contributed by atoms with van der Waals surface area (Å²) in [5, 5.41) is 7.10. The van der Waals surface area contributed by atoms with Crippen molar-refractivity contribution in [2.75, 3.05) is 14.7 Å². The third-order valence-electron chi connectivity index (χ3n) is 27.0. The van der Waals surface area contributed by atoms with E-state index in [2.05, 4.69) is 477 Å². The van der Waals surface area contributed by atoms with Crippen molar-refractivity contribution < 1.29 is 0 Å². The lowest BCUT2D eigenvalue weighted by atomic mass is 9.70. The van der Waals surface area contributed by atoms with Gasteiger partial charge in [0, 0.05) is 101 Å². The van der Waals surface area contributed by atoms with Crippen LogP contribution < -0.4 is 14.7 Å². The maximum absolute atomic E-state index is 2.52. The molecule has 0 aliphatic heterocycles. The molecule has 0 saturated heterocycles. The molecule has 568 valence electrons. The molecule has 26 rings (SSSR count). The number of benzene rings is 19. The number of hydrogen-bond acceptors (Lipinski definition) is 3. The van der Waals surface area contributed by atoms with E-state index in [-0.39, 0.29) is 0 Å². The first-order valence-corrected chi connectivity index (χ1v) is 42.3. The van der Waals surface area contributed by atoms with Crippen LogP contribution in [0.1, 0.15) is 44.5 Å². The summed E-state index contributed by atoms with van der Waals surface area (Å²) in [7, 11) is 0. The second-order valence-electron chi connectivity index (χ2n) is 32.9. The number of aromatic nitrogens is 3. The molecule has 0 fully saturated rings. The molecular weight excluding hydrogens is 1480 g/mol. The predicted molar refractivity (Wildman–Crippen MR) is 506 cm³/mol. The first kappa shape index (κ1) is 68.1. The molecule has 0 unspecified atom stereocenters. The van der Waals surface area contributed by atoms with E-state index in [0.29, 0.717) is 0 Å². The summed E-state index contributed by atoms with van der Waals surface area (Å²) in [5.74, 6) is 0. The van der Waals surface area contributed by atoms with Crippen LogP contribution in [0.2, 0.25) is 0 Å². The van der Waals surface area contributed by atoms with Gasteiger partial charge >= 0.3 is 0 Å². The normalized spacial score (nSPS) is 13.2. The molecule has 3 heterocycles. The van der Waals surface area contributed by atoms with Crippen LogP contribution in [0.4, 0.5) is 51.2 Å². The highest BCUT2D eigenvalue weighted by atomic mass is 15.2. The largest absolute Gasteiger partial charge is 0.310 e. The van der Waals surface area contributed by atoms with Crippen molar-refractivity contribution in [1.82, 2.24) is 13.7 Å². The summed E-state index contributed by atoms with van der Waals surface area (Å²) >= 11 is 0. The summed E-state index contributed by atoms with van der Waals surface area (Å²) in [6.45, 7) is 0. The summed E-state index contributed by atoms with van der Waals surface area (Å²) in [6.07, 6.45) is 0. The van der Waals surface area contributed by atoms with E-state index >= 15 is 0 Å². The van der Waals surface area contributed by atoms with Crippen LogP contribution in [-0.2, 0) is 10.8 Å². The third-order valence-corrected chi connectivity index (χ3v) is 27.0. The molecule has 4 aliphatic rings. The summed E-state index contributed by atoms with van der Waals surface area (Å²) in [4.78, 5) is 7.46. The van der Waals surface area contributed by atoms with Crippen LogP contribution in [0.15, 0.2) is 449 Å². The van der Waals surface area contributed by atoms with Gasteiger partial charge in [-0.1, -0.05) is 267 Å². The van der Waals surface area contributed by atoms with E-state index in [1.807, 2.05) is 0 Å². The molecule has 6 nitrogen and oxygen atoms in total. The maximum Gasteiger partial charge on any atom is 0.0726 e. The van der Waals surface area contributed by atoms with Crippen molar-refractivity contribution in [1.29, 1.82) is 0 Å². The molecule has 6 heteroatoms. The number of nitrogens with zero attached hydrogens (tertiary/aromatic N) is 6. The number of rotatable bonds is 12. The van der Waals surface area contributed by atoms with Crippen LogP contribution >= 0.6 is 0 Å². The van der Waals surface area contributed by atoms with E-state index in [1.54, 1.807) is 0 Å². The Bertz CT molecular complexity index is 7560. The van der Waals surface area contributed by atoms with Gasteiger partial charge in [-0.15, -0.1) is 0 Å². The zero-order chi connectivity index (χ0) is 79.9. The fourth-order valence-electron chi connectivity index (χ4n) is 22.2. The van der Waals surface area contributed by atoms with Crippen molar-refractivity contribution >= 4 is 117 Å². The highest BCUT2D eigenvalue weighted by Gasteiger charge is 2.53. The molecule has 22 aromatic rings. The Hall–Kier alpha value is -16.0. The first-order chi connectivity index (χ1) is 60.5. The molecule has 2 spiro atoms. The van der Waals surface area contributed by atoms with Gasteiger partial charge in [0.15, 0.2) is 0 Å². The second kappa shape index (κ2) is 26.2. The van der Waals surface area contributed by atoms with Crippen LogP contribution in [0.5, 0.6) is 0 Å². The maximum atomic E-state index is 2.52. The third kappa shape index (κ3) is 9.54. The van der Waals surface area contributed by atoms with Gasteiger partial charge in [0.25, 0.3) is 0 Å². The second-order valence-corrected chi connectivity index (χ2v) is 32.9. The Kier molecular flexibility index (Phi) is 14.6. The predicted octanol–water partition coefficient (Wildman–Crippen LogP) is 30.1. The van der Waals surface area contributed by atoms with Crippen LogP contribution in [0.3, 0.4) is 0 Å². The smallest absolute Gasteiger partial charge is 0.0726 e. The zero-order valence-electron chi connectivity index (χ0n) is 66.4. The Morgan fingerprint density at radius 1 is 0.139 bits per heavy atom. The SMILES string of the molecule is c1ccc(-n2c3ccccc3c3cc(N(c4ccc(N(c5ccc6c(c5)C5(c7ccccc7-c7ccccc75)c5ccccc5-6)c5ccc6c(c5)c5ccccc5n6-c5ccccc5)cc4)c4ccc(N(c5ccc6c(c5)C5(c7ccccc7-c7ccccc75)c5ccccc5-6)c5ccc6c(c5)c5ccccc5n6-c5ccccc5)cc4)ccc32)cc1. The topological polar surface area (TPSA) is 24.5 Å². The van der Waals surface area contributed by atoms with E-state index in [4.69, 9.17) is 0 Å². The monoisotopic (exact) mass is 1550 g/mol. The van der Waals surface area contributed by atoms with E-state index < -0.39 is 10.8 Å². The summed E-state index contributed by atoms with van der Waals surface area (Å²) < 4.78 is 7.23. The van der Waals surface area contributed by atoms with Crippen LogP contribution in [0, 0.1) is 0 Å². The molecule has 3 aromatic heterocycles. The van der Waals surface area contributed by atoms with Gasteiger partial charge < -0.3 is 28.4 Å². The Morgan fingerprint density at radius 3 is 0.615 bits per heavy atom. The van der Waals surface area contributed by atoms with Crippen molar-refractivity contribution in [2.24, 2.45) is 0 Å². The lowest BCUT2D eigenvalue weighted by molar-refractivity contribution is 0.793. The molecule has 0 atom stereocenters. The van der Waals surface area contributed by atoms with Gasteiger partial charge in [0.05, 0.1) is 43.9 Å². The Morgan fingerprint density at radius 2 is 0.336 bits per heavy atom. The Balaban J connectivity index is 0.675. The highest BCUT2D eigenvalue weighted by Crippen LogP contribution is 2.66. The molecule has 122 heavy (non-hydrogen) atoms. The fourth-order valence-corrected chi connectivity index (χ4v) is 22.2. The number of fused-ring (bicyclic) bond motifs is 29. The zero-order valence-corrected chi connectivity index (χ0v) is 66.4. The van der Waals surface area contributed by atoms with Gasteiger partial charge in [-0.25, -0.2) is 0 Å². The number of anilines is 9. The van der Waals surface area contributed by atoms with E-state index in [1.165, 1.54) is 121 Å². The van der Waals surface area contributed by atoms with Gasteiger partial charge in [-0.2, -0.15) is 0 Å². The highest BCUT2D eigenvalue weighted by molar-refractivity contribution is 6.14. The molecule has 0 bridgehead atoms. The van der Waals surface area contributed by atoms with Crippen molar-refractivity contribution in [3.05, 3.63) is 493 Å². The minimum atomic E-state index is -0.553. The van der Waals surface area contributed by atoms with Crippen molar-refractivity contribution in [3.63, 3.8) is 0 Å². The molecule has 4 aliphatic carbocycles. The first-order valence-electron chi connectivity index (χ1n) is 42.3. The Labute approximate surface area is 706 Å². The summed E-state index contributed by atoms with van der Waals surface area (Å²) in [5.41, 5.74) is 39.1. The average molecular weight is 1550 g/mol. The molecule has 0 saturated carbocycles. The van der Waals surface area contributed by atoms with Crippen molar-refractivity contribution in [2.45, 2.75) is 10.8 Å². The quantitative estimate of drug-likeness (QED) is 0.122. The fraction of sp³-hybridized carbons (Fsp3) is 0.0172. The standard InChI is InChI=1S/C116H74N6/c1-4-28-75(29-5-1)120-109-49-25-16-40-95(109)98-70-82(62-67-112(98)120)117(78-52-56-80(57-53-78)118(83-63-68-113-99(71-83)96-41-17-26-50-110(96)121(113)76-30-6-2-7-31-76)85-60-65-93-91-38-14-23-47-105(91)115(107(93)73-85)101-43-19-10-34-87(101)88-35-11-20-44-102(88)115)79-54-58-81(59-55-79)119(84-64-69-114-100(72-84)97-42-18-27-51-111(97)122(114)77-32-8-3-9-33-77)86-61-66-94-92-39-15-24-48-106(92)116(108(94)74-86)103-45-21-12-36-89(103)90-37-13-22-46-104(90)116/h1-74H. The molecule has 0 amide bonds. The average Bonchev–Trinajstić information content (AvgIpc) is 1.51. The van der Waals surface area contributed by atoms with Crippen LogP contribution in [0.25, 0.3) is 127 Å². The minimum absolute atomic E-state index is 0.553. The van der Waals surface area contributed by atoms with Crippen LogP contribution in [-0.4, -0.2) is 13.7 Å². The number of para-hydroxylation sites is 6. The summed E-state index contributed by atoms with van der Waals surface area (Å²) in [6, 6.07) is 168. The van der Waals surface area contributed by atoms with Crippen molar-refractivity contribution in [3.8, 4) is 61.6 Å². The van der Waals surface area contributed by atoms with Gasteiger partial charge in [0.1, 0.15) is 0 Å². The molecule has 0 N–H and O–H groups in total. The molecule has 19 aromatic carbocycles. The van der Waals surface area contributed by atoms with Gasteiger partial charge in [-0.05, 0) is 271 Å². The van der Waals surface area contributed by atoms with E-state index in [0.717, 1.165) is 101 Å². The molecule has 0 radical (unpaired) electrons.